The number of likely N-dealkylation sites (tertiary alicyclic amines) is 1. The van der Waals surface area contributed by atoms with E-state index in [2.05, 4.69) is 34.2 Å². The van der Waals surface area contributed by atoms with Crippen molar-refractivity contribution in [3.63, 3.8) is 0 Å². The molecule has 1 aromatic heterocycles. The maximum absolute atomic E-state index is 5.19. The minimum atomic E-state index is 0.223. The van der Waals surface area contributed by atoms with Crippen LogP contribution < -0.4 is 5.32 Å². The molecule has 0 saturated carbocycles. The van der Waals surface area contributed by atoms with Gasteiger partial charge in [-0.3, -0.25) is 4.90 Å². The number of nitrogens with zero attached hydrogens (tertiary/aromatic N) is 3. The minimum absolute atomic E-state index is 0.223. The van der Waals surface area contributed by atoms with Gasteiger partial charge in [0.25, 0.3) is 0 Å². The number of nitrogens with one attached hydrogen (secondary N) is 1. The first kappa shape index (κ1) is 12.1. The molecule has 2 aliphatic rings. The molecular formula is C13H22N4O. The first-order chi connectivity index (χ1) is 8.61. The van der Waals surface area contributed by atoms with E-state index in [1.165, 1.54) is 0 Å². The van der Waals surface area contributed by atoms with Gasteiger partial charge in [0.2, 0.25) is 5.89 Å². The topological polar surface area (TPSA) is 54.2 Å². The van der Waals surface area contributed by atoms with Gasteiger partial charge in [0, 0.05) is 25.0 Å². The molecule has 2 aliphatic heterocycles. The number of hydrogen-bond donors (Lipinski definition) is 1. The Bertz CT molecular complexity index is 428. The second-order valence-electron chi connectivity index (χ2n) is 6.02. The zero-order chi connectivity index (χ0) is 12.8. The number of aromatic nitrogens is 2. The maximum atomic E-state index is 5.19. The summed E-state index contributed by atoms with van der Waals surface area (Å²) < 4.78 is 5.19. The van der Waals surface area contributed by atoms with Gasteiger partial charge in [-0.1, -0.05) is 12.1 Å². The van der Waals surface area contributed by atoms with Crippen molar-refractivity contribution in [1.82, 2.24) is 20.4 Å². The molecule has 0 spiro atoms. The van der Waals surface area contributed by atoms with Crippen LogP contribution in [0, 0.1) is 11.8 Å². The van der Waals surface area contributed by atoms with Crippen LogP contribution in [0.15, 0.2) is 4.52 Å². The average molecular weight is 250 g/mol. The summed E-state index contributed by atoms with van der Waals surface area (Å²) in [6.07, 6.45) is 0.811. The Kier molecular flexibility index (Phi) is 2.90. The van der Waals surface area contributed by atoms with Crippen molar-refractivity contribution in [3.8, 4) is 0 Å². The molecule has 0 bridgehead atoms. The summed E-state index contributed by atoms with van der Waals surface area (Å²) in [5.41, 5.74) is 0.223. The molecule has 3 heterocycles. The first-order valence-corrected chi connectivity index (χ1v) is 6.88. The predicted octanol–water partition coefficient (Wildman–Crippen LogP) is 1.06. The van der Waals surface area contributed by atoms with E-state index in [0.717, 1.165) is 56.2 Å². The molecule has 3 rings (SSSR count). The highest BCUT2D eigenvalue weighted by Gasteiger charge is 2.49. The van der Waals surface area contributed by atoms with E-state index in [0.29, 0.717) is 0 Å². The van der Waals surface area contributed by atoms with Crippen LogP contribution in [0.1, 0.15) is 32.5 Å². The van der Waals surface area contributed by atoms with Crippen molar-refractivity contribution >= 4 is 0 Å². The number of hydrogen-bond acceptors (Lipinski definition) is 5. The molecule has 0 radical (unpaired) electrons. The molecule has 18 heavy (non-hydrogen) atoms. The summed E-state index contributed by atoms with van der Waals surface area (Å²) in [4.78, 5) is 6.92. The molecule has 0 aromatic carbocycles. The van der Waals surface area contributed by atoms with E-state index < -0.39 is 0 Å². The Morgan fingerprint density at radius 3 is 2.94 bits per heavy atom. The summed E-state index contributed by atoms with van der Waals surface area (Å²) in [7, 11) is 0. The summed E-state index contributed by atoms with van der Waals surface area (Å²) >= 11 is 0. The lowest BCUT2D eigenvalue weighted by Crippen LogP contribution is -2.44. The Hall–Kier alpha value is -0.940. The fourth-order valence-electron chi connectivity index (χ4n) is 3.44. The molecule has 2 unspecified atom stereocenters. The van der Waals surface area contributed by atoms with Gasteiger partial charge in [0.05, 0.1) is 6.54 Å². The zero-order valence-electron chi connectivity index (χ0n) is 11.4. The number of rotatable bonds is 3. The summed E-state index contributed by atoms with van der Waals surface area (Å²) in [6, 6.07) is 0. The van der Waals surface area contributed by atoms with Crippen molar-refractivity contribution in [2.45, 2.75) is 39.3 Å². The Morgan fingerprint density at radius 1 is 1.44 bits per heavy atom. The van der Waals surface area contributed by atoms with Gasteiger partial charge < -0.3 is 9.84 Å². The highest BCUT2D eigenvalue weighted by Crippen LogP contribution is 2.40. The second kappa shape index (κ2) is 4.31. The van der Waals surface area contributed by atoms with E-state index in [4.69, 9.17) is 4.52 Å². The minimum Gasteiger partial charge on any atom is -0.339 e. The Labute approximate surface area is 108 Å². The van der Waals surface area contributed by atoms with Crippen LogP contribution >= 0.6 is 0 Å². The SMILES string of the molecule is CCc1nc(CN2CC3CNCC3C2(C)C)no1. The summed E-state index contributed by atoms with van der Waals surface area (Å²) in [5, 5.41) is 7.57. The third-order valence-electron chi connectivity index (χ3n) is 4.66. The van der Waals surface area contributed by atoms with Gasteiger partial charge in [-0.25, -0.2) is 0 Å². The molecule has 2 saturated heterocycles. The van der Waals surface area contributed by atoms with Crippen molar-refractivity contribution in [1.29, 1.82) is 0 Å². The van der Waals surface area contributed by atoms with Gasteiger partial charge in [-0.2, -0.15) is 4.98 Å². The van der Waals surface area contributed by atoms with E-state index in [9.17, 15) is 0 Å². The maximum Gasteiger partial charge on any atom is 0.226 e. The smallest absolute Gasteiger partial charge is 0.226 e. The summed E-state index contributed by atoms with van der Waals surface area (Å²) in [6.45, 7) is 11.0. The quantitative estimate of drug-likeness (QED) is 0.869. The van der Waals surface area contributed by atoms with E-state index in [1.54, 1.807) is 0 Å². The van der Waals surface area contributed by atoms with Gasteiger partial charge in [-0.05, 0) is 32.2 Å². The van der Waals surface area contributed by atoms with E-state index >= 15 is 0 Å². The molecule has 1 N–H and O–H groups in total. The van der Waals surface area contributed by atoms with Crippen LogP contribution in [0.5, 0.6) is 0 Å². The number of fused-ring (bicyclic) bond motifs is 1. The van der Waals surface area contributed by atoms with E-state index in [1.807, 2.05) is 6.92 Å². The van der Waals surface area contributed by atoms with Crippen molar-refractivity contribution in [2.24, 2.45) is 11.8 Å². The van der Waals surface area contributed by atoms with Crippen LogP contribution in [-0.4, -0.2) is 40.2 Å². The Morgan fingerprint density at radius 2 is 2.28 bits per heavy atom. The van der Waals surface area contributed by atoms with Crippen molar-refractivity contribution in [3.05, 3.63) is 11.7 Å². The molecule has 100 valence electrons. The predicted molar refractivity (Wildman–Crippen MR) is 68.0 cm³/mol. The fourth-order valence-corrected chi connectivity index (χ4v) is 3.44. The Balaban J connectivity index is 1.73. The fraction of sp³-hybridized carbons (Fsp3) is 0.846. The van der Waals surface area contributed by atoms with Crippen LogP contribution in [0.25, 0.3) is 0 Å². The molecule has 5 heteroatoms. The molecule has 5 nitrogen and oxygen atoms in total. The number of aryl methyl sites for hydroxylation is 1. The standard InChI is InChI=1S/C13H22N4O/c1-4-12-15-11(16-18-12)8-17-7-9-5-14-6-10(9)13(17,2)3/h9-10,14H,4-8H2,1-3H3. The van der Waals surface area contributed by atoms with Gasteiger partial charge >= 0.3 is 0 Å². The highest BCUT2D eigenvalue weighted by molar-refractivity contribution is 5.05. The van der Waals surface area contributed by atoms with Crippen LogP contribution in [-0.2, 0) is 13.0 Å². The van der Waals surface area contributed by atoms with Crippen LogP contribution in [0.3, 0.4) is 0 Å². The molecular weight excluding hydrogens is 228 g/mol. The first-order valence-electron chi connectivity index (χ1n) is 6.88. The molecule has 0 amide bonds. The highest BCUT2D eigenvalue weighted by atomic mass is 16.5. The molecule has 2 atom stereocenters. The van der Waals surface area contributed by atoms with E-state index in [-0.39, 0.29) is 5.54 Å². The lowest BCUT2D eigenvalue weighted by molar-refractivity contribution is 0.127. The monoisotopic (exact) mass is 250 g/mol. The second-order valence-corrected chi connectivity index (χ2v) is 6.02. The molecule has 0 aliphatic carbocycles. The van der Waals surface area contributed by atoms with Crippen molar-refractivity contribution in [2.75, 3.05) is 19.6 Å². The molecule has 2 fully saturated rings. The van der Waals surface area contributed by atoms with Gasteiger partial charge in [-0.15, -0.1) is 0 Å². The van der Waals surface area contributed by atoms with Crippen LogP contribution in [0.4, 0.5) is 0 Å². The lowest BCUT2D eigenvalue weighted by Gasteiger charge is -2.34. The lowest BCUT2D eigenvalue weighted by atomic mass is 9.85. The summed E-state index contributed by atoms with van der Waals surface area (Å²) in [5.74, 6) is 3.09. The van der Waals surface area contributed by atoms with Gasteiger partial charge in [0.15, 0.2) is 5.82 Å². The van der Waals surface area contributed by atoms with Crippen molar-refractivity contribution < 1.29 is 4.52 Å². The largest absolute Gasteiger partial charge is 0.339 e. The average Bonchev–Trinajstić information content (AvgIpc) is 3.00. The zero-order valence-corrected chi connectivity index (χ0v) is 11.4. The third-order valence-corrected chi connectivity index (χ3v) is 4.66. The third kappa shape index (κ3) is 1.86. The normalized spacial score (nSPS) is 30.8. The van der Waals surface area contributed by atoms with Crippen LogP contribution in [0.2, 0.25) is 0 Å². The molecule has 1 aromatic rings. The van der Waals surface area contributed by atoms with Gasteiger partial charge in [0.1, 0.15) is 0 Å².